The molecule has 5 heteroatoms. The van der Waals surface area contributed by atoms with E-state index in [0.29, 0.717) is 13.2 Å². The second kappa shape index (κ2) is 8.34. The fourth-order valence-corrected chi connectivity index (χ4v) is 1.08. The fourth-order valence-electron chi connectivity index (χ4n) is 0.887. The third-order valence-electron chi connectivity index (χ3n) is 1.74. The van der Waals surface area contributed by atoms with Gasteiger partial charge in [0.25, 0.3) is 0 Å². The Morgan fingerprint density at radius 3 is 1.94 bits per heavy atom. The van der Waals surface area contributed by atoms with Crippen molar-refractivity contribution in [3.8, 4) is 0 Å². The lowest BCUT2D eigenvalue weighted by Crippen LogP contribution is -2.24. The van der Waals surface area contributed by atoms with Gasteiger partial charge in [0, 0.05) is 0 Å². The van der Waals surface area contributed by atoms with Gasteiger partial charge in [-0.1, -0.05) is 27.7 Å². The van der Waals surface area contributed by atoms with Gasteiger partial charge in [0.1, 0.15) is 5.38 Å². The van der Waals surface area contributed by atoms with Crippen LogP contribution < -0.4 is 0 Å². The number of alkyl halides is 1. The summed E-state index contributed by atoms with van der Waals surface area (Å²) in [4.78, 5) is 22.6. The summed E-state index contributed by atoms with van der Waals surface area (Å²) in [7, 11) is 0. The van der Waals surface area contributed by atoms with Gasteiger partial charge in [-0.3, -0.25) is 9.59 Å². The summed E-state index contributed by atoms with van der Waals surface area (Å²) in [5, 5.41) is -0.964. The maximum atomic E-state index is 11.4. The first-order chi connectivity index (χ1) is 7.82. The minimum atomic E-state index is -0.964. The number of hydrogen-bond donors (Lipinski definition) is 0. The quantitative estimate of drug-likeness (QED) is 0.523. The van der Waals surface area contributed by atoms with Gasteiger partial charge in [-0.15, -0.1) is 11.6 Å². The Kier molecular flexibility index (Phi) is 7.96. The van der Waals surface area contributed by atoms with Crippen molar-refractivity contribution in [3.63, 3.8) is 0 Å². The maximum absolute atomic E-state index is 11.4. The number of rotatable bonds is 7. The van der Waals surface area contributed by atoms with Crippen LogP contribution in [0.2, 0.25) is 0 Å². The number of ether oxygens (including phenoxy) is 2. The van der Waals surface area contributed by atoms with Crippen LogP contribution in [0, 0.1) is 11.8 Å². The summed E-state index contributed by atoms with van der Waals surface area (Å²) in [5.41, 5.74) is 0. The zero-order valence-electron chi connectivity index (χ0n) is 10.9. The SMILES string of the molecule is CC(C)COC(=O)C[C@H](Cl)C(=O)OCC(C)C. The highest BCUT2D eigenvalue weighted by atomic mass is 35.5. The molecule has 0 aliphatic rings. The second-order valence-corrected chi connectivity index (χ2v) is 5.30. The summed E-state index contributed by atoms with van der Waals surface area (Å²) in [5.74, 6) is -0.529. The molecule has 0 bridgehead atoms. The van der Waals surface area contributed by atoms with Gasteiger partial charge in [0.15, 0.2) is 0 Å². The highest BCUT2D eigenvalue weighted by Crippen LogP contribution is 2.08. The first kappa shape index (κ1) is 16.2. The molecular weight excluding hydrogens is 244 g/mol. The number of carbonyl (C=O) groups excluding carboxylic acids is 2. The zero-order valence-corrected chi connectivity index (χ0v) is 11.6. The lowest BCUT2D eigenvalue weighted by molar-refractivity contribution is -0.151. The maximum Gasteiger partial charge on any atom is 0.324 e. The summed E-state index contributed by atoms with van der Waals surface area (Å²) >= 11 is 5.75. The van der Waals surface area contributed by atoms with Crippen LogP contribution in [0.4, 0.5) is 0 Å². The number of halogens is 1. The molecule has 0 aromatic carbocycles. The Labute approximate surface area is 108 Å². The number of hydrogen-bond acceptors (Lipinski definition) is 4. The molecule has 0 aliphatic heterocycles. The molecule has 0 aliphatic carbocycles. The first-order valence-electron chi connectivity index (χ1n) is 5.79. The van der Waals surface area contributed by atoms with E-state index in [0.717, 1.165) is 0 Å². The average Bonchev–Trinajstić information content (AvgIpc) is 2.22. The van der Waals surface area contributed by atoms with E-state index in [1.165, 1.54) is 0 Å². The molecule has 100 valence electrons. The predicted molar refractivity (Wildman–Crippen MR) is 65.9 cm³/mol. The van der Waals surface area contributed by atoms with Crippen LogP contribution in [-0.4, -0.2) is 30.5 Å². The van der Waals surface area contributed by atoms with Crippen molar-refractivity contribution in [3.05, 3.63) is 0 Å². The molecule has 4 nitrogen and oxygen atoms in total. The summed E-state index contributed by atoms with van der Waals surface area (Å²) in [6, 6.07) is 0. The van der Waals surface area contributed by atoms with Crippen molar-refractivity contribution in [2.45, 2.75) is 39.5 Å². The van der Waals surface area contributed by atoms with Crippen molar-refractivity contribution in [1.82, 2.24) is 0 Å². The molecule has 0 heterocycles. The Bertz CT molecular complexity index is 251. The Morgan fingerprint density at radius 2 is 1.47 bits per heavy atom. The van der Waals surface area contributed by atoms with Gasteiger partial charge >= 0.3 is 11.9 Å². The molecule has 0 saturated heterocycles. The number of carbonyl (C=O) groups is 2. The van der Waals surface area contributed by atoms with Gasteiger partial charge in [-0.05, 0) is 11.8 Å². The van der Waals surface area contributed by atoms with E-state index in [1.807, 2.05) is 27.7 Å². The molecule has 0 saturated carbocycles. The van der Waals surface area contributed by atoms with Crippen LogP contribution in [0.3, 0.4) is 0 Å². The lowest BCUT2D eigenvalue weighted by Gasteiger charge is -2.12. The molecule has 0 aromatic heterocycles. The van der Waals surface area contributed by atoms with Crippen molar-refractivity contribution in [2.75, 3.05) is 13.2 Å². The third kappa shape index (κ3) is 8.98. The van der Waals surface area contributed by atoms with Crippen LogP contribution in [0.25, 0.3) is 0 Å². The van der Waals surface area contributed by atoms with Gasteiger partial charge in [0.2, 0.25) is 0 Å². The molecule has 0 rings (SSSR count). The third-order valence-corrected chi connectivity index (χ3v) is 2.07. The summed E-state index contributed by atoms with van der Waals surface area (Å²) in [6.07, 6.45) is -0.148. The molecule has 0 aromatic rings. The van der Waals surface area contributed by atoms with E-state index in [9.17, 15) is 9.59 Å². The highest BCUT2D eigenvalue weighted by molar-refractivity contribution is 6.30. The molecule has 0 amide bonds. The minimum Gasteiger partial charge on any atom is -0.465 e. The van der Waals surface area contributed by atoms with Crippen LogP contribution in [0.1, 0.15) is 34.1 Å². The van der Waals surface area contributed by atoms with Crippen LogP contribution in [-0.2, 0) is 19.1 Å². The normalized spacial score (nSPS) is 12.6. The van der Waals surface area contributed by atoms with Gasteiger partial charge in [-0.25, -0.2) is 0 Å². The van der Waals surface area contributed by atoms with Crippen molar-refractivity contribution >= 4 is 23.5 Å². The molecule has 0 radical (unpaired) electrons. The van der Waals surface area contributed by atoms with E-state index in [2.05, 4.69) is 0 Å². The summed E-state index contributed by atoms with van der Waals surface area (Å²) < 4.78 is 9.83. The predicted octanol–water partition coefficient (Wildman–Crippen LogP) is 2.38. The van der Waals surface area contributed by atoms with Crippen molar-refractivity contribution in [2.24, 2.45) is 11.8 Å². The molecule has 0 spiro atoms. The van der Waals surface area contributed by atoms with Gasteiger partial charge in [-0.2, -0.15) is 0 Å². The lowest BCUT2D eigenvalue weighted by atomic mass is 10.2. The monoisotopic (exact) mass is 264 g/mol. The van der Waals surface area contributed by atoms with Gasteiger partial charge < -0.3 is 9.47 Å². The van der Waals surface area contributed by atoms with Crippen LogP contribution >= 0.6 is 11.6 Å². The second-order valence-electron chi connectivity index (χ2n) is 4.77. The van der Waals surface area contributed by atoms with E-state index in [1.54, 1.807) is 0 Å². The van der Waals surface area contributed by atoms with E-state index in [4.69, 9.17) is 21.1 Å². The minimum absolute atomic E-state index is 0.148. The van der Waals surface area contributed by atoms with Gasteiger partial charge in [0.05, 0.1) is 19.6 Å². The van der Waals surface area contributed by atoms with Crippen molar-refractivity contribution < 1.29 is 19.1 Å². The standard InChI is InChI=1S/C12H21ClO4/c1-8(2)6-16-11(14)5-10(13)12(15)17-7-9(3)4/h8-10H,5-7H2,1-4H3/t10-/m0/s1. The summed E-state index contributed by atoms with van der Waals surface area (Å²) in [6.45, 7) is 8.36. The Morgan fingerprint density at radius 1 is 1.00 bits per heavy atom. The molecular formula is C12H21ClO4. The molecule has 1 atom stereocenters. The van der Waals surface area contributed by atoms with E-state index >= 15 is 0 Å². The Hall–Kier alpha value is -0.770. The Balaban J connectivity index is 3.86. The van der Waals surface area contributed by atoms with E-state index in [-0.39, 0.29) is 18.3 Å². The van der Waals surface area contributed by atoms with Crippen LogP contribution in [0.15, 0.2) is 0 Å². The van der Waals surface area contributed by atoms with Crippen molar-refractivity contribution in [1.29, 1.82) is 0 Å². The molecule has 17 heavy (non-hydrogen) atoms. The molecule has 0 N–H and O–H groups in total. The topological polar surface area (TPSA) is 52.6 Å². The average molecular weight is 265 g/mol. The van der Waals surface area contributed by atoms with E-state index < -0.39 is 17.3 Å². The first-order valence-corrected chi connectivity index (χ1v) is 6.22. The number of esters is 2. The highest BCUT2D eigenvalue weighted by Gasteiger charge is 2.22. The molecule has 0 unspecified atom stereocenters. The molecule has 0 fully saturated rings. The van der Waals surface area contributed by atoms with Crippen LogP contribution in [0.5, 0.6) is 0 Å². The smallest absolute Gasteiger partial charge is 0.324 e. The largest absolute Gasteiger partial charge is 0.465 e. The fraction of sp³-hybridized carbons (Fsp3) is 0.833. The zero-order chi connectivity index (χ0) is 13.4.